The summed E-state index contributed by atoms with van der Waals surface area (Å²) in [5.74, 6) is 0.615. The molecule has 2 aromatic rings. The molecule has 0 fully saturated rings. The van der Waals surface area contributed by atoms with Crippen LogP contribution in [0.5, 0.6) is 0 Å². The van der Waals surface area contributed by atoms with Gasteiger partial charge in [0.2, 0.25) is 10.0 Å². The highest BCUT2D eigenvalue weighted by Gasteiger charge is 2.14. The van der Waals surface area contributed by atoms with Gasteiger partial charge in [-0.25, -0.2) is 18.1 Å². The first kappa shape index (κ1) is 14.4. The first-order valence-electron chi connectivity index (χ1n) is 6.07. The summed E-state index contributed by atoms with van der Waals surface area (Å²) < 4.78 is 26.8. The maximum atomic E-state index is 12.1. The van der Waals surface area contributed by atoms with Gasteiger partial charge in [0.05, 0.1) is 12.2 Å². The molecule has 2 aromatic heterocycles. The number of anilines is 1. The average molecular weight is 292 g/mol. The highest BCUT2D eigenvalue weighted by molar-refractivity contribution is 7.89. The fourth-order valence-electron chi connectivity index (χ4n) is 1.64. The molecule has 0 spiro atoms. The third kappa shape index (κ3) is 3.31. The van der Waals surface area contributed by atoms with Crippen molar-refractivity contribution < 1.29 is 8.42 Å². The Morgan fingerprint density at radius 3 is 2.60 bits per heavy atom. The molecule has 0 saturated heterocycles. The molecule has 2 rings (SSSR count). The first-order chi connectivity index (χ1) is 9.53. The molecule has 2 N–H and O–H groups in total. The quantitative estimate of drug-likeness (QED) is 0.868. The topological polar surface area (TPSA) is 84.0 Å². The van der Waals surface area contributed by atoms with Crippen molar-refractivity contribution in [2.45, 2.75) is 18.4 Å². The molecule has 0 aromatic carbocycles. The van der Waals surface area contributed by atoms with Gasteiger partial charge in [0.1, 0.15) is 10.7 Å². The molecule has 7 heteroatoms. The first-order valence-corrected chi connectivity index (χ1v) is 7.55. The SMILES string of the molecule is CNc1ccc(S(=O)(=O)NCc2ncccc2C)cn1. The Morgan fingerprint density at radius 2 is 2.00 bits per heavy atom. The molecular formula is C13H16N4O2S. The van der Waals surface area contributed by atoms with Crippen LogP contribution < -0.4 is 10.0 Å². The summed E-state index contributed by atoms with van der Waals surface area (Å²) in [7, 11) is -1.86. The Morgan fingerprint density at radius 1 is 1.20 bits per heavy atom. The van der Waals surface area contributed by atoms with Crippen molar-refractivity contribution in [3.63, 3.8) is 0 Å². The van der Waals surface area contributed by atoms with E-state index in [0.29, 0.717) is 11.5 Å². The minimum atomic E-state index is -3.58. The summed E-state index contributed by atoms with van der Waals surface area (Å²) in [5, 5.41) is 2.83. The third-order valence-electron chi connectivity index (χ3n) is 2.85. The van der Waals surface area contributed by atoms with Gasteiger partial charge in [-0.05, 0) is 30.7 Å². The van der Waals surface area contributed by atoms with Crippen molar-refractivity contribution in [2.75, 3.05) is 12.4 Å². The molecular weight excluding hydrogens is 276 g/mol. The van der Waals surface area contributed by atoms with Crippen molar-refractivity contribution in [3.05, 3.63) is 47.9 Å². The Hall–Kier alpha value is -1.99. The molecule has 2 heterocycles. The number of nitrogens with zero attached hydrogens (tertiary/aromatic N) is 2. The smallest absolute Gasteiger partial charge is 0.242 e. The van der Waals surface area contributed by atoms with Crippen LogP contribution in [0.1, 0.15) is 11.3 Å². The van der Waals surface area contributed by atoms with E-state index in [4.69, 9.17) is 0 Å². The van der Waals surface area contributed by atoms with Crippen LogP contribution in [0.15, 0.2) is 41.6 Å². The van der Waals surface area contributed by atoms with Gasteiger partial charge >= 0.3 is 0 Å². The van der Waals surface area contributed by atoms with Crippen molar-refractivity contribution in [3.8, 4) is 0 Å². The van der Waals surface area contributed by atoms with Crippen LogP contribution in [0.3, 0.4) is 0 Å². The molecule has 6 nitrogen and oxygen atoms in total. The van der Waals surface area contributed by atoms with Crippen LogP contribution >= 0.6 is 0 Å². The zero-order chi connectivity index (χ0) is 14.6. The number of aryl methyl sites for hydroxylation is 1. The molecule has 0 aliphatic heterocycles. The predicted molar refractivity (Wildman–Crippen MR) is 76.8 cm³/mol. The van der Waals surface area contributed by atoms with E-state index in [1.807, 2.05) is 19.1 Å². The van der Waals surface area contributed by atoms with Gasteiger partial charge in [0.15, 0.2) is 0 Å². The molecule has 20 heavy (non-hydrogen) atoms. The fourth-order valence-corrected chi connectivity index (χ4v) is 2.57. The Bertz CT molecular complexity index is 684. The van der Waals surface area contributed by atoms with Gasteiger partial charge in [-0.3, -0.25) is 4.98 Å². The average Bonchev–Trinajstić information content (AvgIpc) is 2.46. The van der Waals surface area contributed by atoms with Crippen LogP contribution in [0.25, 0.3) is 0 Å². The Labute approximate surface area is 118 Å². The molecule has 0 amide bonds. The predicted octanol–water partition coefficient (Wildman–Crippen LogP) is 1.31. The van der Waals surface area contributed by atoms with E-state index in [-0.39, 0.29) is 11.4 Å². The number of sulfonamides is 1. The second-order valence-electron chi connectivity index (χ2n) is 4.22. The molecule has 106 valence electrons. The highest BCUT2D eigenvalue weighted by Crippen LogP contribution is 2.11. The van der Waals surface area contributed by atoms with E-state index in [1.54, 1.807) is 19.3 Å². The van der Waals surface area contributed by atoms with Gasteiger partial charge in [-0.15, -0.1) is 0 Å². The monoisotopic (exact) mass is 292 g/mol. The van der Waals surface area contributed by atoms with Crippen LogP contribution in [-0.2, 0) is 16.6 Å². The number of nitrogens with one attached hydrogen (secondary N) is 2. The molecule has 0 bridgehead atoms. The molecule has 0 radical (unpaired) electrons. The minimum absolute atomic E-state index is 0.130. The van der Waals surface area contributed by atoms with Gasteiger partial charge < -0.3 is 5.32 Å². The summed E-state index contributed by atoms with van der Waals surface area (Å²) >= 11 is 0. The maximum Gasteiger partial charge on any atom is 0.242 e. The lowest BCUT2D eigenvalue weighted by Gasteiger charge is -2.08. The van der Waals surface area contributed by atoms with E-state index in [9.17, 15) is 8.42 Å². The van der Waals surface area contributed by atoms with Crippen molar-refractivity contribution in [2.24, 2.45) is 0 Å². The summed E-state index contributed by atoms with van der Waals surface area (Å²) in [6, 6.07) is 6.82. The standard InChI is InChI=1S/C13H16N4O2S/c1-10-4-3-7-15-12(10)9-17-20(18,19)11-5-6-13(14-2)16-8-11/h3-8,17H,9H2,1-2H3,(H,14,16). The second-order valence-corrected chi connectivity index (χ2v) is 5.99. The zero-order valence-electron chi connectivity index (χ0n) is 11.3. The molecule has 0 saturated carbocycles. The van der Waals surface area contributed by atoms with E-state index in [0.717, 1.165) is 5.56 Å². The van der Waals surface area contributed by atoms with E-state index in [2.05, 4.69) is 20.0 Å². The fraction of sp³-hybridized carbons (Fsp3) is 0.231. The van der Waals surface area contributed by atoms with Crippen molar-refractivity contribution >= 4 is 15.8 Å². The van der Waals surface area contributed by atoms with E-state index < -0.39 is 10.0 Å². The lowest BCUT2D eigenvalue weighted by Crippen LogP contribution is -2.24. The number of hydrogen-bond donors (Lipinski definition) is 2. The third-order valence-corrected chi connectivity index (χ3v) is 4.24. The highest BCUT2D eigenvalue weighted by atomic mass is 32.2. The molecule has 0 unspecified atom stereocenters. The second kappa shape index (κ2) is 5.98. The largest absolute Gasteiger partial charge is 0.373 e. The van der Waals surface area contributed by atoms with Gasteiger partial charge in [0, 0.05) is 19.4 Å². The van der Waals surface area contributed by atoms with Crippen LogP contribution in [-0.4, -0.2) is 25.4 Å². The molecule has 0 aliphatic rings. The minimum Gasteiger partial charge on any atom is -0.373 e. The Balaban J connectivity index is 2.13. The summed E-state index contributed by atoms with van der Waals surface area (Å²) in [6.45, 7) is 2.04. The van der Waals surface area contributed by atoms with Gasteiger partial charge in [-0.2, -0.15) is 0 Å². The molecule has 0 atom stereocenters. The Kier molecular flexibility index (Phi) is 4.31. The van der Waals surface area contributed by atoms with E-state index >= 15 is 0 Å². The van der Waals surface area contributed by atoms with Crippen LogP contribution in [0.2, 0.25) is 0 Å². The lowest BCUT2D eigenvalue weighted by atomic mass is 10.2. The number of pyridine rings is 2. The van der Waals surface area contributed by atoms with Crippen molar-refractivity contribution in [1.29, 1.82) is 0 Å². The summed E-state index contributed by atoms with van der Waals surface area (Å²) in [6.07, 6.45) is 2.96. The van der Waals surface area contributed by atoms with Crippen molar-refractivity contribution in [1.82, 2.24) is 14.7 Å². The molecule has 0 aliphatic carbocycles. The van der Waals surface area contributed by atoms with Gasteiger partial charge in [-0.1, -0.05) is 6.07 Å². The number of hydrogen-bond acceptors (Lipinski definition) is 5. The lowest BCUT2D eigenvalue weighted by molar-refractivity contribution is 0.580. The maximum absolute atomic E-state index is 12.1. The van der Waals surface area contributed by atoms with Crippen LogP contribution in [0.4, 0.5) is 5.82 Å². The summed E-state index contributed by atoms with van der Waals surface area (Å²) in [5.41, 5.74) is 1.65. The normalized spacial score (nSPS) is 11.3. The number of rotatable bonds is 5. The van der Waals surface area contributed by atoms with Gasteiger partial charge in [0.25, 0.3) is 0 Å². The number of aromatic nitrogens is 2. The van der Waals surface area contributed by atoms with Crippen LogP contribution in [0, 0.1) is 6.92 Å². The zero-order valence-corrected chi connectivity index (χ0v) is 12.1. The summed E-state index contributed by atoms with van der Waals surface area (Å²) in [4.78, 5) is 8.27. The van der Waals surface area contributed by atoms with E-state index in [1.165, 1.54) is 12.3 Å².